The van der Waals surface area contributed by atoms with E-state index in [9.17, 15) is 5.11 Å². The highest BCUT2D eigenvalue weighted by Gasteiger charge is 2.17. The van der Waals surface area contributed by atoms with Crippen LogP contribution in [-0.4, -0.2) is 10.8 Å². The van der Waals surface area contributed by atoms with Crippen molar-refractivity contribution in [3.05, 3.63) is 107 Å². The first kappa shape index (κ1) is 17.4. The number of benzene rings is 3. The normalized spacial score (nSPS) is 12.2. The van der Waals surface area contributed by atoms with Crippen LogP contribution in [0.15, 0.2) is 90.1 Å². The topological polar surface area (TPSA) is 65.6 Å². The van der Waals surface area contributed by atoms with Gasteiger partial charge in [-0.2, -0.15) is 5.26 Å². The molecule has 0 radical (unpaired) electrons. The van der Waals surface area contributed by atoms with Gasteiger partial charge in [-0.15, -0.1) is 0 Å². The van der Waals surface area contributed by atoms with Crippen LogP contribution >= 0.6 is 0 Å². The second-order valence-corrected chi connectivity index (χ2v) is 5.74. The lowest BCUT2D eigenvalue weighted by atomic mass is 9.99. The van der Waals surface area contributed by atoms with Gasteiger partial charge < -0.3 is 9.94 Å². The van der Waals surface area contributed by atoms with Crippen molar-refractivity contribution in [2.24, 2.45) is 5.16 Å². The molecule has 0 bridgehead atoms. The highest BCUT2D eigenvalue weighted by atomic mass is 16.6. The summed E-state index contributed by atoms with van der Waals surface area (Å²) in [5.41, 5.74) is 3.49. The quantitative estimate of drug-likeness (QED) is 0.539. The molecule has 0 fully saturated rings. The molecule has 1 unspecified atom stereocenters. The highest BCUT2D eigenvalue weighted by molar-refractivity contribution is 6.03. The van der Waals surface area contributed by atoms with Crippen molar-refractivity contribution >= 4 is 5.71 Å². The summed E-state index contributed by atoms with van der Waals surface area (Å²) in [6, 6.07) is 28.0. The molecular formula is C22H18N2O2. The average Bonchev–Trinajstić information content (AvgIpc) is 2.72. The van der Waals surface area contributed by atoms with Crippen molar-refractivity contribution in [3.63, 3.8) is 0 Å². The minimum absolute atomic E-state index is 0.254. The van der Waals surface area contributed by atoms with Crippen molar-refractivity contribution in [2.45, 2.75) is 12.7 Å². The van der Waals surface area contributed by atoms with Crippen LogP contribution in [-0.2, 0) is 11.4 Å². The van der Waals surface area contributed by atoms with E-state index in [-0.39, 0.29) is 6.61 Å². The minimum Gasteiger partial charge on any atom is -0.391 e. The zero-order valence-corrected chi connectivity index (χ0v) is 14.1. The summed E-state index contributed by atoms with van der Waals surface area (Å²) in [7, 11) is 0. The minimum atomic E-state index is -0.889. The Balaban J connectivity index is 1.81. The molecule has 0 aliphatic carbocycles. The van der Waals surface area contributed by atoms with Gasteiger partial charge in [0.05, 0.1) is 11.6 Å². The number of nitriles is 1. The van der Waals surface area contributed by atoms with E-state index in [1.165, 1.54) is 0 Å². The Hall–Kier alpha value is -3.42. The molecule has 0 aliphatic rings. The number of hydrogen-bond donors (Lipinski definition) is 1. The first-order chi connectivity index (χ1) is 12.8. The van der Waals surface area contributed by atoms with Crippen LogP contribution in [0.2, 0.25) is 0 Å². The van der Waals surface area contributed by atoms with E-state index in [0.29, 0.717) is 11.3 Å². The van der Waals surface area contributed by atoms with Crippen LogP contribution in [0.1, 0.15) is 28.4 Å². The molecule has 0 saturated heterocycles. The van der Waals surface area contributed by atoms with Crippen molar-refractivity contribution in [1.29, 1.82) is 5.26 Å². The molecule has 0 amide bonds. The number of aliphatic hydroxyl groups excluding tert-OH is 1. The number of aliphatic hydroxyl groups is 1. The molecule has 3 aromatic rings. The number of rotatable bonds is 6. The fourth-order valence-corrected chi connectivity index (χ4v) is 2.51. The SMILES string of the molecule is N#Cc1ccc(CON=C(c2ccccc2)C(O)c2ccccc2)cc1. The largest absolute Gasteiger partial charge is 0.391 e. The van der Waals surface area contributed by atoms with Crippen LogP contribution < -0.4 is 0 Å². The van der Waals surface area contributed by atoms with E-state index in [0.717, 1.165) is 16.7 Å². The fraction of sp³-hybridized carbons (Fsp3) is 0.0909. The summed E-state index contributed by atoms with van der Waals surface area (Å²) >= 11 is 0. The number of hydrogen-bond acceptors (Lipinski definition) is 4. The maximum atomic E-state index is 10.8. The molecule has 1 N–H and O–H groups in total. The van der Waals surface area contributed by atoms with Gasteiger partial charge in [0.2, 0.25) is 0 Å². The predicted octanol–water partition coefficient (Wildman–Crippen LogP) is 4.21. The second kappa shape index (κ2) is 8.61. The van der Waals surface area contributed by atoms with Gasteiger partial charge in [0.15, 0.2) is 0 Å². The van der Waals surface area contributed by atoms with Gasteiger partial charge in [0, 0.05) is 5.56 Å². The number of nitrogens with zero attached hydrogens (tertiary/aromatic N) is 2. The summed E-state index contributed by atoms with van der Waals surface area (Å²) in [6.07, 6.45) is -0.889. The van der Waals surface area contributed by atoms with Crippen molar-refractivity contribution in [1.82, 2.24) is 0 Å². The lowest BCUT2D eigenvalue weighted by Crippen LogP contribution is -2.14. The first-order valence-corrected chi connectivity index (χ1v) is 8.25. The molecule has 4 nitrogen and oxygen atoms in total. The molecule has 3 rings (SSSR count). The Labute approximate surface area is 152 Å². The standard InChI is InChI=1S/C22H18N2O2/c23-15-17-11-13-18(14-12-17)16-26-24-21(19-7-3-1-4-8-19)22(25)20-9-5-2-6-10-20/h1-14,22,25H,16H2. The molecule has 0 spiro atoms. The van der Waals surface area contributed by atoms with E-state index >= 15 is 0 Å². The van der Waals surface area contributed by atoms with Crippen molar-refractivity contribution < 1.29 is 9.94 Å². The zero-order chi connectivity index (χ0) is 18.2. The Morgan fingerprint density at radius 1 is 0.923 bits per heavy atom. The lowest BCUT2D eigenvalue weighted by Gasteiger charge is -2.14. The van der Waals surface area contributed by atoms with Crippen molar-refractivity contribution in [2.75, 3.05) is 0 Å². The molecule has 0 saturated carbocycles. The molecule has 0 aromatic heterocycles. The second-order valence-electron chi connectivity index (χ2n) is 5.74. The summed E-state index contributed by atoms with van der Waals surface area (Å²) in [4.78, 5) is 5.50. The third kappa shape index (κ3) is 4.35. The zero-order valence-electron chi connectivity index (χ0n) is 14.1. The van der Waals surface area contributed by atoms with Gasteiger partial charge in [-0.05, 0) is 23.3 Å². The van der Waals surface area contributed by atoms with Crippen LogP contribution in [0, 0.1) is 11.3 Å². The maximum absolute atomic E-state index is 10.8. The van der Waals surface area contributed by atoms with E-state index in [2.05, 4.69) is 11.2 Å². The van der Waals surface area contributed by atoms with Gasteiger partial charge in [0.1, 0.15) is 18.4 Å². The highest BCUT2D eigenvalue weighted by Crippen LogP contribution is 2.20. The molecule has 0 heterocycles. The van der Waals surface area contributed by atoms with E-state index in [4.69, 9.17) is 10.1 Å². The average molecular weight is 342 g/mol. The third-order valence-corrected chi connectivity index (χ3v) is 3.92. The van der Waals surface area contributed by atoms with Gasteiger partial charge in [-0.25, -0.2) is 0 Å². The summed E-state index contributed by atoms with van der Waals surface area (Å²) < 4.78 is 0. The molecule has 128 valence electrons. The lowest BCUT2D eigenvalue weighted by molar-refractivity contribution is 0.125. The summed E-state index contributed by atoms with van der Waals surface area (Å²) in [5, 5.41) is 23.8. The molecule has 4 heteroatoms. The maximum Gasteiger partial charge on any atom is 0.142 e. The van der Waals surface area contributed by atoms with Crippen LogP contribution in [0.3, 0.4) is 0 Å². The summed E-state index contributed by atoms with van der Waals surface area (Å²) in [6.45, 7) is 0.254. The van der Waals surface area contributed by atoms with E-state index in [1.54, 1.807) is 12.1 Å². The van der Waals surface area contributed by atoms with Crippen LogP contribution in [0.4, 0.5) is 0 Å². The van der Waals surface area contributed by atoms with Gasteiger partial charge in [-0.1, -0.05) is 78.0 Å². The Morgan fingerprint density at radius 3 is 2.15 bits per heavy atom. The predicted molar refractivity (Wildman–Crippen MR) is 100 cm³/mol. The van der Waals surface area contributed by atoms with Gasteiger partial charge in [0.25, 0.3) is 0 Å². The molecule has 26 heavy (non-hydrogen) atoms. The smallest absolute Gasteiger partial charge is 0.142 e. The Kier molecular flexibility index (Phi) is 5.76. The molecule has 1 atom stereocenters. The Morgan fingerprint density at radius 2 is 1.54 bits per heavy atom. The Bertz CT molecular complexity index is 898. The van der Waals surface area contributed by atoms with Crippen molar-refractivity contribution in [3.8, 4) is 6.07 Å². The van der Waals surface area contributed by atoms with E-state index < -0.39 is 6.10 Å². The molecular weight excluding hydrogens is 324 g/mol. The van der Waals surface area contributed by atoms with Crippen LogP contribution in [0.5, 0.6) is 0 Å². The first-order valence-electron chi connectivity index (χ1n) is 8.25. The van der Waals surface area contributed by atoms with Gasteiger partial charge in [-0.3, -0.25) is 0 Å². The third-order valence-electron chi connectivity index (χ3n) is 3.92. The van der Waals surface area contributed by atoms with E-state index in [1.807, 2.05) is 72.8 Å². The van der Waals surface area contributed by atoms with Crippen LogP contribution in [0.25, 0.3) is 0 Å². The summed E-state index contributed by atoms with van der Waals surface area (Å²) in [5.74, 6) is 0. The molecule has 0 aliphatic heterocycles. The fourth-order valence-electron chi connectivity index (χ4n) is 2.51. The monoisotopic (exact) mass is 342 g/mol. The molecule has 3 aromatic carbocycles. The van der Waals surface area contributed by atoms with Gasteiger partial charge >= 0.3 is 0 Å². The number of oxime groups is 1.